The molecule has 0 atom stereocenters. The highest BCUT2D eigenvalue weighted by Gasteiger charge is 2.21. The predicted octanol–water partition coefficient (Wildman–Crippen LogP) is 16.3. The second-order valence-electron chi connectivity index (χ2n) is 15.6. The number of rotatable bonds is 7. The third kappa shape index (κ3) is 5.74. The fourth-order valence-corrected chi connectivity index (χ4v) is 9.44. The Balaban J connectivity index is 1.01. The quantitative estimate of drug-likeness (QED) is 0.161. The summed E-state index contributed by atoms with van der Waals surface area (Å²) in [6, 6.07) is 82.9. The molecule has 286 valence electrons. The number of nitrogens with zero attached hydrogens (tertiary/aromatic N) is 2. The summed E-state index contributed by atoms with van der Waals surface area (Å²) in [5.74, 6) is 0. The predicted molar refractivity (Wildman–Crippen MR) is 257 cm³/mol. The normalized spacial score (nSPS) is 11.6. The molecule has 3 heteroatoms. The van der Waals surface area contributed by atoms with Crippen molar-refractivity contribution >= 4 is 71.6 Å². The molecule has 0 amide bonds. The lowest BCUT2D eigenvalue weighted by Crippen LogP contribution is -2.11. The standard InChI is InChI=1S/C58H38N2O/c1-2-20-44-39(16-1)17-14-32-53(44)59(43-36-34-40(35-37-43)47-26-15-27-51-50-25-7-12-33-57(50)61-58(47)51)52-28-8-3-21-45(52)41-18-13-19-42(38-41)46-22-4-9-29-54(46)60-55-30-10-5-23-48(55)49-24-6-11-31-56(49)60/h1-38H. The summed E-state index contributed by atoms with van der Waals surface area (Å²) in [7, 11) is 0. The van der Waals surface area contributed by atoms with Gasteiger partial charge in [0.2, 0.25) is 0 Å². The molecule has 0 spiro atoms. The number of hydrogen-bond donors (Lipinski definition) is 0. The minimum absolute atomic E-state index is 0.902. The van der Waals surface area contributed by atoms with Gasteiger partial charge in [-0.15, -0.1) is 0 Å². The van der Waals surface area contributed by atoms with Crippen molar-refractivity contribution < 1.29 is 4.42 Å². The SMILES string of the molecule is c1cc(-c2ccccc2N(c2ccc(-c3cccc4c3oc3ccccc34)cc2)c2cccc3ccccc23)cc(-c2ccccc2-n2c3ccccc3c3ccccc32)c1. The molecule has 0 aliphatic carbocycles. The van der Waals surface area contributed by atoms with Gasteiger partial charge in [-0.1, -0.05) is 176 Å². The molecule has 0 aliphatic rings. The average molecular weight is 779 g/mol. The Labute approximate surface area is 353 Å². The van der Waals surface area contributed by atoms with Gasteiger partial charge in [-0.3, -0.25) is 0 Å². The zero-order chi connectivity index (χ0) is 40.3. The van der Waals surface area contributed by atoms with E-state index in [4.69, 9.17) is 4.42 Å². The van der Waals surface area contributed by atoms with E-state index in [0.717, 1.165) is 72.5 Å². The summed E-state index contributed by atoms with van der Waals surface area (Å²) in [5.41, 5.74) is 15.4. The molecular weight excluding hydrogens is 741 g/mol. The second kappa shape index (κ2) is 14.3. The summed E-state index contributed by atoms with van der Waals surface area (Å²) in [6.07, 6.45) is 0. The van der Waals surface area contributed by atoms with Gasteiger partial charge >= 0.3 is 0 Å². The van der Waals surface area contributed by atoms with Crippen molar-refractivity contribution in [2.45, 2.75) is 0 Å². The summed E-state index contributed by atoms with van der Waals surface area (Å²) in [4.78, 5) is 2.42. The Bertz CT molecular complexity index is 3550. The molecule has 12 rings (SSSR count). The van der Waals surface area contributed by atoms with Crippen molar-refractivity contribution in [2.75, 3.05) is 4.90 Å². The fourth-order valence-electron chi connectivity index (χ4n) is 9.44. The van der Waals surface area contributed by atoms with Crippen LogP contribution in [0.5, 0.6) is 0 Å². The molecule has 10 aromatic carbocycles. The van der Waals surface area contributed by atoms with Crippen LogP contribution in [-0.4, -0.2) is 4.57 Å². The minimum Gasteiger partial charge on any atom is -0.455 e. The molecule has 0 aliphatic heterocycles. The van der Waals surface area contributed by atoms with Gasteiger partial charge in [0.1, 0.15) is 11.2 Å². The smallest absolute Gasteiger partial charge is 0.143 e. The summed E-state index contributed by atoms with van der Waals surface area (Å²) in [5, 5.41) is 7.15. The zero-order valence-corrected chi connectivity index (χ0v) is 33.2. The lowest BCUT2D eigenvalue weighted by molar-refractivity contribution is 0.670. The minimum atomic E-state index is 0.902. The molecule has 12 aromatic rings. The fraction of sp³-hybridized carbons (Fsp3) is 0. The van der Waals surface area contributed by atoms with E-state index < -0.39 is 0 Å². The first-order valence-electron chi connectivity index (χ1n) is 20.8. The van der Waals surface area contributed by atoms with E-state index in [9.17, 15) is 0 Å². The maximum absolute atomic E-state index is 6.46. The Morgan fingerprint density at radius 1 is 0.344 bits per heavy atom. The van der Waals surface area contributed by atoms with Gasteiger partial charge < -0.3 is 13.9 Å². The first-order valence-corrected chi connectivity index (χ1v) is 20.8. The monoisotopic (exact) mass is 778 g/mol. The Morgan fingerprint density at radius 2 is 0.885 bits per heavy atom. The van der Waals surface area contributed by atoms with Gasteiger partial charge in [-0.2, -0.15) is 0 Å². The van der Waals surface area contributed by atoms with Crippen molar-refractivity contribution in [1.29, 1.82) is 0 Å². The number of fused-ring (bicyclic) bond motifs is 7. The van der Waals surface area contributed by atoms with Crippen molar-refractivity contribution in [3.05, 3.63) is 231 Å². The van der Waals surface area contributed by atoms with Crippen LogP contribution in [0.1, 0.15) is 0 Å². The molecule has 0 saturated carbocycles. The molecule has 0 saturated heterocycles. The van der Waals surface area contributed by atoms with E-state index in [0.29, 0.717) is 0 Å². The molecule has 0 unspecified atom stereocenters. The summed E-state index contributed by atoms with van der Waals surface area (Å²) < 4.78 is 8.88. The Hall–Kier alpha value is -8.14. The maximum atomic E-state index is 6.46. The third-order valence-electron chi connectivity index (χ3n) is 12.2. The molecular formula is C58H38N2O. The molecule has 0 bridgehead atoms. The highest BCUT2D eigenvalue weighted by atomic mass is 16.3. The summed E-state index contributed by atoms with van der Waals surface area (Å²) >= 11 is 0. The lowest BCUT2D eigenvalue weighted by Gasteiger charge is -2.29. The number of anilines is 3. The largest absolute Gasteiger partial charge is 0.455 e. The van der Waals surface area contributed by atoms with Crippen LogP contribution in [-0.2, 0) is 0 Å². The Morgan fingerprint density at radius 3 is 1.69 bits per heavy atom. The van der Waals surface area contributed by atoms with Crippen LogP contribution >= 0.6 is 0 Å². The first-order chi connectivity index (χ1) is 30.3. The molecule has 0 radical (unpaired) electrons. The number of aromatic nitrogens is 1. The van der Waals surface area contributed by atoms with E-state index in [1.54, 1.807) is 0 Å². The average Bonchev–Trinajstić information content (AvgIpc) is 3.88. The Kier molecular flexibility index (Phi) is 8.17. The number of para-hydroxylation sites is 6. The van der Waals surface area contributed by atoms with Crippen LogP contribution in [0.3, 0.4) is 0 Å². The maximum Gasteiger partial charge on any atom is 0.143 e. The topological polar surface area (TPSA) is 21.3 Å². The molecule has 0 N–H and O–H groups in total. The zero-order valence-electron chi connectivity index (χ0n) is 33.2. The van der Waals surface area contributed by atoms with Gasteiger partial charge in [-0.05, 0) is 76.7 Å². The first kappa shape index (κ1) is 34.9. The molecule has 2 aromatic heterocycles. The second-order valence-corrected chi connectivity index (χ2v) is 15.6. The number of furan rings is 1. The molecule has 3 nitrogen and oxygen atoms in total. The van der Waals surface area contributed by atoms with Crippen LogP contribution < -0.4 is 4.90 Å². The van der Waals surface area contributed by atoms with Crippen molar-refractivity contribution in [3.63, 3.8) is 0 Å². The lowest BCUT2D eigenvalue weighted by atomic mass is 9.95. The van der Waals surface area contributed by atoms with Crippen LogP contribution in [0.2, 0.25) is 0 Å². The molecule has 2 heterocycles. The van der Waals surface area contributed by atoms with E-state index in [-0.39, 0.29) is 0 Å². The van der Waals surface area contributed by atoms with Gasteiger partial charge in [-0.25, -0.2) is 0 Å². The van der Waals surface area contributed by atoms with Gasteiger partial charge in [0, 0.05) is 49.3 Å². The van der Waals surface area contributed by atoms with E-state index in [1.807, 2.05) is 12.1 Å². The summed E-state index contributed by atoms with van der Waals surface area (Å²) in [6.45, 7) is 0. The third-order valence-corrected chi connectivity index (χ3v) is 12.2. The highest BCUT2D eigenvalue weighted by Crippen LogP contribution is 2.45. The molecule has 61 heavy (non-hydrogen) atoms. The van der Waals surface area contributed by atoms with Crippen molar-refractivity contribution in [1.82, 2.24) is 4.57 Å². The number of hydrogen-bond acceptors (Lipinski definition) is 2. The van der Waals surface area contributed by atoms with Crippen molar-refractivity contribution in [2.24, 2.45) is 0 Å². The highest BCUT2D eigenvalue weighted by molar-refractivity contribution is 6.11. The van der Waals surface area contributed by atoms with Crippen LogP contribution in [0.4, 0.5) is 17.1 Å². The van der Waals surface area contributed by atoms with Gasteiger partial charge in [0.15, 0.2) is 0 Å². The molecule has 0 fully saturated rings. The van der Waals surface area contributed by atoms with E-state index in [1.165, 1.54) is 38.1 Å². The van der Waals surface area contributed by atoms with Crippen LogP contribution in [0.25, 0.3) is 93.6 Å². The van der Waals surface area contributed by atoms with Gasteiger partial charge in [0.25, 0.3) is 0 Å². The van der Waals surface area contributed by atoms with Crippen LogP contribution in [0.15, 0.2) is 235 Å². The van der Waals surface area contributed by atoms with Gasteiger partial charge in [0.05, 0.1) is 28.1 Å². The van der Waals surface area contributed by atoms with Crippen molar-refractivity contribution in [3.8, 4) is 39.1 Å². The van der Waals surface area contributed by atoms with E-state index >= 15 is 0 Å². The number of benzene rings is 10. The van der Waals surface area contributed by atoms with Crippen LogP contribution in [0, 0.1) is 0 Å². The van der Waals surface area contributed by atoms with E-state index in [2.05, 4.69) is 228 Å².